The topological polar surface area (TPSA) is 26.0 Å². The molecule has 0 bridgehead atoms. The lowest BCUT2D eigenvalue weighted by atomic mass is 9.99. The fraction of sp³-hybridized carbons (Fsp3) is 0.0667. The van der Waals surface area contributed by atoms with Gasteiger partial charge in [-0.05, 0) is 57.6 Å². The summed E-state index contributed by atoms with van der Waals surface area (Å²) in [5.41, 5.74) is 9.96. The number of nitrogen functional groups attached to an aromatic ring is 1. The van der Waals surface area contributed by atoms with Crippen molar-refractivity contribution in [2.24, 2.45) is 0 Å². The van der Waals surface area contributed by atoms with Crippen molar-refractivity contribution in [1.29, 1.82) is 0 Å². The van der Waals surface area contributed by atoms with Crippen molar-refractivity contribution >= 4 is 54.6 Å². The summed E-state index contributed by atoms with van der Waals surface area (Å²) in [7, 11) is 0. The molecule has 0 aliphatic carbocycles. The summed E-state index contributed by atoms with van der Waals surface area (Å²) in [4.78, 5) is 0. The van der Waals surface area contributed by atoms with Gasteiger partial charge in [0.25, 0.3) is 0 Å². The van der Waals surface area contributed by atoms with E-state index < -0.39 is 0 Å². The number of halogens is 2. The Balaban J connectivity index is 2.31. The van der Waals surface area contributed by atoms with Crippen molar-refractivity contribution in [3.63, 3.8) is 0 Å². The summed E-state index contributed by atoms with van der Waals surface area (Å²) in [5.74, 6) is 0. The maximum atomic E-state index is 6.15. The van der Waals surface area contributed by atoms with Crippen molar-refractivity contribution in [3.05, 3.63) is 50.8 Å². The van der Waals surface area contributed by atoms with Gasteiger partial charge in [-0.1, -0.05) is 23.7 Å². The van der Waals surface area contributed by atoms with Gasteiger partial charge in [-0.25, -0.2) is 0 Å². The van der Waals surface area contributed by atoms with E-state index in [4.69, 9.17) is 17.3 Å². The van der Waals surface area contributed by atoms with E-state index in [9.17, 15) is 0 Å². The normalized spacial score (nSPS) is 11.1. The molecule has 0 spiro atoms. The van der Waals surface area contributed by atoms with Crippen LogP contribution in [0.15, 0.2) is 40.2 Å². The van der Waals surface area contributed by atoms with Crippen LogP contribution >= 0.6 is 38.9 Å². The second kappa shape index (κ2) is 4.82. The van der Waals surface area contributed by atoms with Crippen LogP contribution in [0.4, 0.5) is 5.69 Å². The second-order valence-electron chi connectivity index (χ2n) is 4.45. The van der Waals surface area contributed by atoms with Crippen molar-refractivity contribution < 1.29 is 0 Å². The fourth-order valence-corrected chi connectivity index (χ4v) is 4.01. The first-order valence-corrected chi connectivity index (χ1v) is 7.84. The summed E-state index contributed by atoms with van der Waals surface area (Å²) < 4.78 is 2.38. The Hall–Kier alpha value is -1.03. The Morgan fingerprint density at radius 1 is 1.21 bits per heavy atom. The van der Waals surface area contributed by atoms with Crippen LogP contribution in [0.25, 0.3) is 21.2 Å². The maximum absolute atomic E-state index is 6.15. The Morgan fingerprint density at radius 2 is 2.00 bits per heavy atom. The summed E-state index contributed by atoms with van der Waals surface area (Å²) in [5, 5.41) is 4.02. The summed E-state index contributed by atoms with van der Waals surface area (Å²) in [6.45, 7) is 2.06. The number of anilines is 1. The molecule has 3 rings (SSSR count). The lowest BCUT2D eigenvalue weighted by Crippen LogP contribution is -1.90. The van der Waals surface area contributed by atoms with Crippen LogP contribution < -0.4 is 5.73 Å². The number of aryl methyl sites for hydroxylation is 1. The Kier molecular flexibility index (Phi) is 3.29. The van der Waals surface area contributed by atoms with E-state index in [-0.39, 0.29) is 0 Å². The standard InChI is InChI=1S/C15H11BrClNS/c1-8-5-14(18)13(17)6-10(8)11-7-19-15-9(11)3-2-4-12(15)16/h2-7H,18H2,1H3. The van der Waals surface area contributed by atoms with E-state index in [0.717, 1.165) is 15.6 Å². The highest BCUT2D eigenvalue weighted by Gasteiger charge is 2.12. The van der Waals surface area contributed by atoms with Crippen LogP contribution in [-0.4, -0.2) is 0 Å². The van der Waals surface area contributed by atoms with Crippen molar-refractivity contribution in [2.75, 3.05) is 5.73 Å². The van der Waals surface area contributed by atoms with Gasteiger partial charge in [-0.3, -0.25) is 0 Å². The number of thiophene rings is 1. The second-order valence-corrected chi connectivity index (χ2v) is 6.60. The van der Waals surface area contributed by atoms with Gasteiger partial charge in [0.1, 0.15) is 0 Å². The minimum atomic E-state index is 0.606. The van der Waals surface area contributed by atoms with Gasteiger partial charge < -0.3 is 5.73 Å². The molecular weight excluding hydrogens is 342 g/mol. The number of nitrogens with two attached hydrogens (primary N) is 1. The van der Waals surface area contributed by atoms with Crippen LogP contribution in [0.2, 0.25) is 5.02 Å². The molecule has 19 heavy (non-hydrogen) atoms. The zero-order valence-corrected chi connectivity index (χ0v) is 13.4. The molecule has 0 unspecified atom stereocenters. The van der Waals surface area contributed by atoms with Gasteiger partial charge in [-0.2, -0.15) is 0 Å². The van der Waals surface area contributed by atoms with E-state index >= 15 is 0 Å². The Bertz CT molecular complexity index is 779. The van der Waals surface area contributed by atoms with E-state index in [1.165, 1.54) is 15.6 Å². The van der Waals surface area contributed by atoms with Crippen LogP contribution in [0.5, 0.6) is 0 Å². The molecule has 4 heteroatoms. The SMILES string of the molecule is Cc1cc(N)c(Cl)cc1-c1csc2c(Br)cccc12. The molecule has 0 saturated carbocycles. The zero-order valence-electron chi connectivity index (χ0n) is 10.2. The van der Waals surface area contributed by atoms with Gasteiger partial charge in [0.2, 0.25) is 0 Å². The first kappa shape index (κ1) is 13.0. The van der Waals surface area contributed by atoms with Gasteiger partial charge in [0, 0.05) is 20.1 Å². The van der Waals surface area contributed by atoms with Crippen LogP contribution in [0.3, 0.4) is 0 Å². The third-order valence-electron chi connectivity index (χ3n) is 3.19. The monoisotopic (exact) mass is 351 g/mol. The average Bonchev–Trinajstić information content (AvgIpc) is 2.79. The first-order chi connectivity index (χ1) is 9.08. The maximum Gasteiger partial charge on any atom is 0.0641 e. The summed E-state index contributed by atoms with van der Waals surface area (Å²) >= 11 is 11.5. The molecule has 0 aliphatic rings. The molecule has 0 fully saturated rings. The smallest absolute Gasteiger partial charge is 0.0641 e. The van der Waals surface area contributed by atoms with Gasteiger partial charge in [0.15, 0.2) is 0 Å². The van der Waals surface area contributed by atoms with Crippen molar-refractivity contribution in [1.82, 2.24) is 0 Å². The number of rotatable bonds is 1. The van der Waals surface area contributed by atoms with E-state index in [1.807, 2.05) is 12.1 Å². The Morgan fingerprint density at radius 3 is 2.79 bits per heavy atom. The molecular formula is C15H11BrClNS. The Labute approximate surface area is 129 Å². The number of benzene rings is 2. The predicted octanol–water partition coefficient (Wildman–Crippen LogP) is 5.87. The molecule has 3 aromatic rings. The molecule has 2 N–H and O–H groups in total. The number of fused-ring (bicyclic) bond motifs is 1. The van der Waals surface area contributed by atoms with E-state index in [0.29, 0.717) is 10.7 Å². The lowest BCUT2D eigenvalue weighted by molar-refractivity contribution is 1.47. The zero-order chi connectivity index (χ0) is 13.6. The van der Waals surface area contributed by atoms with Crippen LogP contribution in [-0.2, 0) is 0 Å². The molecule has 2 aromatic carbocycles. The first-order valence-electron chi connectivity index (χ1n) is 5.79. The molecule has 0 aliphatic heterocycles. The highest BCUT2D eigenvalue weighted by Crippen LogP contribution is 2.40. The fourth-order valence-electron chi connectivity index (χ4n) is 2.22. The quantitative estimate of drug-likeness (QED) is 0.544. The molecule has 0 amide bonds. The third-order valence-corrected chi connectivity index (χ3v) is 5.47. The van der Waals surface area contributed by atoms with Crippen molar-refractivity contribution in [3.8, 4) is 11.1 Å². The van der Waals surface area contributed by atoms with E-state index in [2.05, 4.69) is 46.4 Å². The largest absolute Gasteiger partial charge is 0.398 e. The molecule has 1 heterocycles. The molecule has 1 nitrogen and oxygen atoms in total. The molecule has 0 radical (unpaired) electrons. The van der Waals surface area contributed by atoms with Gasteiger partial charge in [-0.15, -0.1) is 11.3 Å². The van der Waals surface area contributed by atoms with Crippen molar-refractivity contribution in [2.45, 2.75) is 6.92 Å². The molecule has 1 aromatic heterocycles. The highest BCUT2D eigenvalue weighted by molar-refractivity contribution is 9.10. The minimum absolute atomic E-state index is 0.606. The van der Waals surface area contributed by atoms with Crippen LogP contribution in [0.1, 0.15) is 5.56 Å². The van der Waals surface area contributed by atoms with Gasteiger partial charge in [0.05, 0.1) is 10.7 Å². The van der Waals surface area contributed by atoms with E-state index in [1.54, 1.807) is 11.3 Å². The number of hydrogen-bond donors (Lipinski definition) is 1. The highest BCUT2D eigenvalue weighted by atomic mass is 79.9. The summed E-state index contributed by atoms with van der Waals surface area (Å²) in [6, 6.07) is 10.1. The van der Waals surface area contributed by atoms with Crippen LogP contribution in [0, 0.1) is 6.92 Å². The third kappa shape index (κ3) is 2.16. The lowest BCUT2D eigenvalue weighted by Gasteiger charge is -2.08. The average molecular weight is 353 g/mol. The molecule has 0 atom stereocenters. The molecule has 96 valence electrons. The minimum Gasteiger partial charge on any atom is -0.398 e. The van der Waals surface area contributed by atoms with Gasteiger partial charge >= 0.3 is 0 Å². The summed E-state index contributed by atoms with van der Waals surface area (Å²) in [6.07, 6.45) is 0. The number of hydrogen-bond acceptors (Lipinski definition) is 2. The molecule has 0 saturated heterocycles. The predicted molar refractivity (Wildman–Crippen MR) is 89.1 cm³/mol.